The Morgan fingerprint density at radius 3 is 2.65 bits per heavy atom. The van der Waals surface area contributed by atoms with Crippen molar-refractivity contribution in [2.75, 3.05) is 0 Å². The van der Waals surface area contributed by atoms with Gasteiger partial charge in [-0.25, -0.2) is 4.98 Å². The molecule has 3 rings (SSSR count). The van der Waals surface area contributed by atoms with Crippen molar-refractivity contribution in [1.82, 2.24) is 20.5 Å². The van der Waals surface area contributed by atoms with Crippen molar-refractivity contribution >= 4 is 11.7 Å². The molecule has 2 aromatic carbocycles. The summed E-state index contributed by atoms with van der Waals surface area (Å²) in [6.45, 7) is 0.253. The monoisotopic (exact) mass is 345 g/mol. The summed E-state index contributed by atoms with van der Waals surface area (Å²) in [5.74, 6) is -2.09. The molecule has 3 aromatic rings. The van der Waals surface area contributed by atoms with Gasteiger partial charge in [-0.2, -0.15) is 10.4 Å². The van der Waals surface area contributed by atoms with Crippen LogP contribution in [0.3, 0.4) is 0 Å². The van der Waals surface area contributed by atoms with E-state index in [0.29, 0.717) is 11.4 Å². The van der Waals surface area contributed by atoms with Crippen LogP contribution in [0.15, 0.2) is 60.9 Å². The molecule has 1 unspecified atom stereocenters. The third kappa shape index (κ3) is 3.82. The van der Waals surface area contributed by atoms with Crippen molar-refractivity contribution in [1.29, 1.82) is 5.26 Å². The predicted octanol–water partition coefficient (Wildman–Crippen LogP) is 2.11. The number of aromatic amines is 1. The van der Waals surface area contributed by atoms with Crippen LogP contribution in [-0.4, -0.2) is 26.9 Å². The van der Waals surface area contributed by atoms with Gasteiger partial charge in [0, 0.05) is 17.7 Å². The number of rotatable bonds is 6. The van der Waals surface area contributed by atoms with E-state index in [9.17, 15) is 14.9 Å². The van der Waals surface area contributed by atoms with E-state index in [1.807, 2.05) is 30.3 Å². The second-order valence-electron chi connectivity index (χ2n) is 5.54. The minimum absolute atomic E-state index is 0.253. The number of nitrogens with one attached hydrogen (secondary N) is 2. The molecule has 0 aliphatic heterocycles. The zero-order chi connectivity index (χ0) is 18.4. The molecule has 0 bridgehead atoms. The van der Waals surface area contributed by atoms with Gasteiger partial charge in [0.25, 0.3) is 0 Å². The quantitative estimate of drug-likeness (QED) is 0.525. The number of carbonyl (C=O) groups excluding carboxylic acids is 2. The molecular weight excluding hydrogens is 330 g/mol. The van der Waals surface area contributed by atoms with Crippen LogP contribution < -0.4 is 5.32 Å². The largest absolute Gasteiger partial charge is 0.350 e. The molecule has 1 aromatic heterocycles. The normalized spacial score (nSPS) is 11.3. The number of carbonyl (C=O) groups is 2. The predicted molar refractivity (Wildman–Crippen MR) is 93.5 cm³/mol. The highest BCUT2D eigenvalue weighted by atomic mass is 16.2. The number of nitrogens with zero attached hydrogens (tertiary/aromatic N) is 3. The van der Waals surface area contributed by atoms with E-state index in [-0.39, 0.29) is 12.1 Å². The molecule has 128 valence electrons. The van der Waals surface area contributed by atoms with Crippen molar-refractivity contribution in [3.8, 4) is 17.5 Å². The number of Topliss-reactive ketones (excluding diaryl/α,β-unsaturated/α-hetero) is 1. The Morgan fingerprint density at radius 1 is 1.15 bits per heavy atom. The highest BCUT2D eigenvalue weighted by Crippen LogP contribution is 2.18. The molecule has 1 heterocycles. The number of benzene rings is 2. The number of ketones is 1. The lowest BCUT2D eigenvalue weighted by Crippen LogP contribution is -2.34. The van der Waals surface area contributed by atoms with Crippen molar-refractivity contribution in [2.45, 2.75) is 6.54 Å². The van der Waals surface area contributed by atoms with Gasteiger partial charge in [-0.15, -0.1) is 0 Å². The lowest BCUT2D eigenvalue weighted by atomic mass is 9.96. The first kappa shape index (κ1) is 17.0. The fourth-order valence-electron chi connectivity index (χ4n) is 2.45. The number of hydrogen-bond donors (Lipinski definition) is 2. The summed E-state index contributed by atoms with van der Waals surface area (Å²) in [5, 5.41) is 18.4. The van der Waals surface area contributed by atoms with Crippen LogP contribution in [0.5, 0.6) is 0 Å². The number of H-pyrrole nitrogens is 1. The van der Waals surface area contributed by atoms with E-state index in [1.165, 1.54) is 6.33 Å². The van der Waals surface area contributed by atoms with Gasteiger partial charge >= 0.3 is 0 Å². The van der Waals surface area contributed by atoms with Crippen LogP contribution in [0.4, 0.5) is 0 Å². The first-order valence-corrected chi connectivity index (χ1v) is 7.90. The smallest absolute Gasteiger partial charge is 0.245 e. The molecule has 0 spiro atoms. The Hall–Kier alpha value is -3.79. The molecule has 26 heavy (non-hydrogen) atoms. The Morgan fingerprint density at radius 2 is 1.96 bits per heavy atom. The van der Waals surface area contributed by atoms with Gasteiger partial charge in [0.15, 0.2) is 17.5 Å². The summed E-state index contributed by atoms with van der Waals surface area (Å²) >= 11 is 0. The molecule has 0 fully saturated rings. The Balaban J connectivity index is 1.73. The number of nitriles is 1. The standard InChI is InChI=1S/C19H15N5O2/c20-10-16(19(26)21-11-13-5-2-1-3-6-13)17(25)14-7-4-8-15(9-14)18-22-12-23-24-18/h1-9,12,16H,11H2,(H,21,26)(H,22,23,24). The maximum Gasteiger partial charge on any atom is 0.245 e. The third-order valence-corrected chi connectivity index (χ3v) is 3.80. The second kappa shape index (κ2) is 7.85. The lowest BCUT2D eigenvalue weighted by Gasteiger charge is -2.10. The van der Waals surface area contributed by atoms with Gasteiger partial charge in [-0.1, -0.05) is 48.5 Å². The number of amides is 1. The zero-order valence-corrected chi connectivity index (χ0v) is 13.7. The van der Waals surface area contributed by atoms with Gasteiger partial charge in [0.2, 0.25) is 5.91 Å². The first-order chi connectivity index (χ1) is 12.7. The van der Waals surface area contributed by atoms with Gasteiger partial charge in [0.1, 0.15) is 6.33 Å². The summed E-state index contributed by atoms with van der Waals surface area (Å²) in [6.07, 6.45) is 1.36. The summed E-state index contributed by atoms with van der Waals surface area (Å²) in [5.41, 5.74) is 1.80. The summed E-state index contributed by atoms with van der Waals surface area (Å²) < 4.78 is 0. The van der Waals surface area contributed by atoms with Crippen LogP contribution in [-0.2, 0) is 11.3 Å². The fourth-order valence-corrected chi connectivity index (χ4v) is 2.45. The average molecular weight is 345 g/mol. The zero-order valence-electron chi connectivity index (χ0n) is 13.7. The minimum atomic E-state index is -1.41. The molecule has 2 N–H and O–H groups in total. The lowest BCUT2D eigenvalue weighted by molar-refractivity contribution is -0.122. The van der Waals surface area contributed by atoms with E-state index in [0.717, 1.165) is 5.56 Å². The van der Waals surface area contributed by atoms with E-state index < -0.39 is 17.6 Å². The van der Waals surface area contributed by atoms with Crippen molar-refractivity contribution in [2.24, 2.45) is 5.92 Å². The van der Waals surface area contributed by atoms with Crippen molar-refractivity contribution in [3.05, 3.63) is 72.1 Å². The summed E-state index contributed by atoms with van der Waals surface area (Å²) in [7, 11) is 0. The second-order valence-corrected chi connectivity index (χ2v) is 5.54. The van der Waals surface area contributed by atoms with Crippen LogP contribution in [0, 0.1) is 17.2 Å². The Labute approximate surface area is 149 Å². The average Bonchev–Trinajstić information content (AvgIpc) is 3.22. The molecule has 0 aliphatic rings. The maximum atomic E-state index is 12.6. The molecule has 0 radical (unpaired) electrons. The van der Waals surface area contributed by atoms with Gasteiger partial charge in [0.05, 0.1) is 6.07 Å². The molecule has 0 saturated carbocycles. The Kier molecular flexibility index (Phi) is 5.15. The van der Waals surface area contributed by atoms with Crippen molar-refractivity contribution in [3.63, 3.8) is 0 Å². The Bertz CT molecular complexity index is 946. The van der Waals surface area contributed by atoms with E-state index >= 15 is 0 Å². The van der Waals surface area contributed by atoms with E-state index in [4.69, 9.17) is 0 Å². The minimum Gasteiger partial charge on any atom is -0.350 e. The SMILES string of the molecule is N#CC(C(=O)NCc1ccccc1)C(=O)c1cccc(-c2ncn[nH]2)c1. The molecule has 1 atom stereocenters. The fraction of sp³-hybridized carbons (Fsp3) is 0.105. The van der Waals surface area contributed by atoms with E-state index in [2.05, 4.69) is 20.5 Å². The summed E-state index contributed by atoms with van der Waals surface area (Å²) in [6, 6.07) is 17.6. The molecule has 0 aliphatic carbocycles. The van der Waals surface area contributed by atoms with Crippen LogP contribution >= 0.6 is 0 Å². The van der Waals surface area contributed by atoms with Crippen molar-refractivity contribution < 1.29 is 9.59 Å². The highest BCUT2D eigenvalue weighted by Gasteiger charge is 2.27. The van der Waals surface area contributed by atoms with Gasteiger partial charge < -0.3 is 5.32 Å². The first-order valence-electron chi connectivity index (χ1n) is 7.90. The van der Waals surface area contributed by atoms with Crippen LogP contribution in [0.25, 0.3) is 11.4 Å². The molecule has 7 heteroatoms. The van der Waals surface area contributed by atoms with E-state index in [1.54, 1.807) is 30.3 Å². The molecule has 7 nitrogen and oxygen atoms in total. The molecule has 0 saturated heterocycles. The highest BCUT2D eigenvalue weighted by molar-refractivity contribution is 6.12. The molecule has 1 amide bonds. The van der Waals surface area contributed by atoms with Gasteiger partial charge in [-0.3, -0.25) is 14.7 Å². The number of hydrogen-bond acceptors (Lipinski definition) is 5. The topological polar surface area (TPSA) is 112 Å². The maximum absolute atomic E-state index is 12.6. The molecular formula is C19H15N5O2. The van der Waals surface area contributed by atoms with Gasteiger partial charge in [-0.05, 0) is 11.6 Å². The van der Waals surface area contributed by atoms with Crippen LogP contribution in [0.1, 0.15) is 15.9 Å². The third-order valence-electron chi connectivity index (χ3n) is 3.80. The summed E-state index contributed by atoms with van der Waals surface area (Å²) in [4.78, 5) is 28.9. The van der Waals surface area contributed by atoms with Crippen LogP contribution in [0.2, 0.25) is 0 Å². The number of aromatic nitrogens is 3.